The zero-order valence-electron chi connectivity index (χ0n) is 11.0. The van der Waals surface area contributed by atoms with Gasteiger partial charge in [-0.25, -0.2) is 5.43 Å². The summed E-state index contributed by atoms with van der Waals surface area (Å²) in [5.74, 6) is 5.67. The van der Waals surface area contributed by atoms with Crippen molar-refractivity contribution in [1.82, 2.24) is 20.2 Å². The SMILES string of the molecule is CCn1cc(C(NN)c2ncc(C)cc2C)cn1. The highest BCUT2D eigenvalue weighted by Crippen LogP contribution is 2.22. The van der Waals surface area contributed by atoms with Gasteiger partial charge in [0.25, 0.3) is 0 Å². The average Bonchev–Trinajstić information content (AvgIpc) is 2.81. The van der Waals surface area contributed by atoms with E-state index in [0.29, 0.717) is 0 Å². The molecule has 3 N–H and O–H groups in total. The van der Waals surface area contributed by atoms with Crippen LogP contribution in [0.1, 0.15) is 35.3 Å². The topological polar surface area (TPSA) is 68.8 Å². The van der Waals surface area contributed by atoms with Gasteiger partial charge in [0.1, 0.15) is 0 Å². The quantitative estimate of drug-likeness (QED) is 0.632. The normalized spacial score (nSPS) is 12.7. The van der Waals surface area contributed by atoms with E-state index in [1.54, 1.807) is 0 Å². The van der Waals surface area contributed by atoms with Crippen molar-refractivity contribution in [1.29, 1.82) is 0 Å². The first kappa shape index (κ1) is 12.7. The predicted octanol–water partition coefficient (Wildman–Crippen LogP) is 1.47. The molecule has 96 valence electrons. The van der Waals surface area contributed by atoms with Crippen LogP contribution in [-0.4, -0.2) is 14.8 Å². The summed E-state index contributed by atoms with van der Waals surface area (Å²) in [6.45, 7) is 6.97. The minimum absolute atomic E-state index is 0.120. The Labute approximate surface area is 107 Å². The van der Waals surface area contributed by atoms with Gasteiger partial charge in [0.05, 0.1) is 17.9 Å². The summed E-state index contributed by atoms with van der Waals surface area (Å²) in [5.41, 5.74) is 7.06. The van der Waals surface area contributed by atoms with E-state index in [1.165, 1.54) is 0 Å². The molecule has 0 aliphatic carbocycles. The fourth-order valence-electron chi connectivity index (χ4n) is 2.06. The molecule has 0 saturated carbocycles. The van der Waals surface area contributed by atoms with Crippen LogP contribution >= 0.6 is 0 Å². The van der Waals surface area contributed by atoms with E-state index in [-0.39, 0.29) is 6.04 Å². The average molecular weight is 245 g/mol. The van der Waals surface area contributed by atoms with Gasteiger partial charge in [0, 0.05) is 24.5 Å². The Morgan fingerprint density at radius 2 is 2.17 bits per heavy atom. The second-order valence-corrected chi connectivity index (χ2v) is 4.44. The lowest BCUT2D eigenvalue weighted by atomic mass is 10.0. The Bertz CT molecular complexity index is 532. The lowest BCUT2D eigenvalue weighted by molar-refractivity contribution is 0.612. The maximum Gasteiger partial charge on any atom is 0.0914 e. The Hall–Kier alpha value is -1.72. The van der Waals surface area contributed by atoms with Gasteiger partial charge in [0.15, 0.2) is 0 Å². The molecule has 5 heteroatoms. The van der Waals surface area contributed by atoms with Crippen LogP contribution in [0.4, 0.5) is 0 Å². The van der Waals surface area contributed by atoms with Crippen LogP contribution in [0.5, 0.6) is 0 Å². The highest BCUT2D eigenvalue weighted by molar-refractivity contribution is 5.31. The number of aromatic nitrogens is 3. The molecule has 1 unspecified atom stereocenters. The summed E-state index contributed by atoms with van der Waals surface area (Å²) in [7, 11) is 0. The van der Waals surface area contributed by atoms with Gasteiger partial charge in [-0.1, -0.05) is 6.07 Å². The molecular formula is C13H19N5. The second kappa shape index (κ2) is 5.29. The third-order valence-electron chi connectivity index (χ3n) is 3.01. The molecule has 0 amide bonds. The van der Waals surface area contributed by atoms with Gasteiger partial charge in [-0.2, -0.15) is 5.10 Å². The van der Waals surface area contributed by atoms with E-state index in [2.05, 4.69) is 28.5 Å². The molecule has 0 spiro atoms. The number of nitrogens with one attached hydrogen (secondary N) is 1. The van der Waals surface area contributed by atoms with Gasteiger partial charge in [-0.3, -0.25) is 15.5 Å². The molecule has 0 aliphatic heterocycles. The van der Waals surface area contributed by atoms with Crippen LogP contribution in [0.2, 0.25) is 0 Å². The Morgan fingerprint density at radius 1 is 1.39 bits per heavy atom. The molecule has 0 radical (unpaired) electrons. The van der Waals surface area contributed by atoms with Crippen molar-refractivity contribution in [2.45, 2.75) is 33.4 Å². The number of rotatable bonds is 4. The van der Waals surface area contributed by atoms with Crippen molar-refractivity contribution in [3.05, 3.63) is 47.0 Å². The molecular weight excluding hydrogens is 226 g/mol. The van der Waals surface area contributed by atoms with Gasteiger partial charge in [0.2, 0.25) is 0 Å². The monoisotopic (exact) mass is 245 g/mol. The molecule has 1 atom stereocenters. The Kier molecular flexibility index (Phi) is 3.74. The number of aryl methyl sites for hydroxylation is 3. The number of hydrogen-bond acceptors (Lipinski definition) is 4. The summed E-state index contributed by atoms with van der Waals surface area (Å²) in [4.78, 5) is 4.48. The van der Waals surface area contributed by atoms with Crippen molar-refractivity contribution < 1.29 is 0 Å². The van der Waals surface area contributed by atoms with Crippen LogP contribution in [0.15, 0.2) is 24.7 Å². The number of hydrogen-bond donors (Lipinski definition) is 2. The molecule has 2 heterocycles. The molecule has 2 aromatic rings. The third kappa shape index (κ3) is 2.42. The Morgan fingerprint density at radius 3 is 2.72 bits per heavy atom. The van der Waals surface area contributed by atoms with E-state index in [4.69, 9.17) is 5.84 Å². The Balaban J connectivity index is 2.38. The lowest BCUT2D eigenvalue weighted by Gasteiger charge is -2.16. The predicted molar refractivity (Wildman–Crippen MR) is 70.8 cm³/mol. The molecule has 0 aliphatic rings. The maximum atomic E-state index is 5.67. The summed E-state index contributed by atoms with van der Waals surface area (Å²) in [5, 5.41) is 4.27. The van der Waals surface area contributed by atoms with Crippen LogP contribution in [-0.2, 0) is 6.54 Å². The minimum atomic E-state index is -0.120. The smallest absolute Gasteiger partial charge is 0.0914 e. The van der Waals surface area contributed by atoms with E-state index < -0.39 is 0 Å². The fourth-order valence-corrected chi connectivity index (χ4v) is 2.06. The highest BCUT2D eigenvalue weighted by atomic mass is 15.3. The molecule has 0 bridgehead atoms. The molecule has 0 aromatic carbocycles. The number of hydrazine groups is 1. The van der Waals surface area contributed by atoms with E-state index in [0.717, 1.165) is 28.9 Å². The van der Waals surface area contributed by atoms with Crippen molar-refractivity contribution in [2.75, 3.05) is 0 Å². The summed E-state index contributed by atoms with van der Waals surface area (Å²) in [6.07, 6.45) is 5.68. The summed E-state index contributed by atoms with van der Waals surface area (Å²) in [6, 6.07) is 1.99. The zero-order valence-corrected chi connectivity index (χ0v) is 11.0. The first-order valence-electron chi connectivity index (χ1n) is 6.07. The second-order valence-electron chi connectivity index (χ2n) is 4.44. The van der Waals surface area contributed by atoms with Crippen LogP contribution < -0.4 is 11.3 Å². The maximum absolute atomic E-state index is 5.67. The molecule has 2 rings (SSSR count). The molecule has 0 fully saturated rings. The minimum Gasteiger partial charge on any atom is -0.273 e. The van der Waals surface area contributed by atoms with Gasteiger partial charge in [-0.05, 0) is 31.9 Å². The van der Waals surface area contributed by atoms with Crippen molar-refractivity contribution >= 4 is 0 Å². The first-order chi connectivity index (χ1) is 8.65. The van der Waals surface area contributed by atoms with Crippen molar-refractivity contribution in [3.63, 3.8) is 0 Å². The highest BCUT2D eigenvalue weighted by Gasteiger charge is 2.17. The fraction of sp³-hybridized carbons (Fsp3) is 0.385. The molecule has 18 heavy (non-hydrogen) atoms. The van der Waals surface area contributed by atoms with Crippen LogP contribution in [0.25, 0.3) is 0 Å². The number of nitrogens with zero attached hydrogens (tertiary/aromatic N) is 3. The van der Waals surface area contributed by atoms with E-state index in [1.807, 2.05) is 37.1 Å². The van der Waals surface area contributed by atoms with E-state index >= 15 is 0 Å². The number of pyridine rings is 1. The summed E-state index contributed by atoms with van der Waals surface area (Å²) >= 11 is 0. The summed E-state index contributed by atoms with van der Waals surface area (Å²) < 4.78 is 1.88. The largest absolute Gasteiger partial charge is 0.273 e. The molecule has 0 saturated heterocycles. The van der Waals surface area contributed by atoms with Gasteiger partial charge >= 0.3 is 0 Å². The van der Waals surface area contributed by atoms with Gasteiger partial charge < -0.3 is 0 Å². The van der Waals surface area contributed by atoms with Crippen LogP contribution in [0.3, 0.4) is 0 Å². The lowest BCUT2D eigenvalue weighted by Crippen LogP contribution is -2.30. The standard InChI is InChI=1S/C13H19N5/c1-4-18-8-11(7-16-18)13(17-14)12-10(3)5-9(2)6-15-12/h5-8,13,17H,4,14H2,1-3H3. The van der Waals surface area contributed by atoms with Crippen LogP contribution in [0, 0.1) is 13.8 Å². The van der Waals surface area contributed by atoms with Gasteiger partial charge in [-0.15, -0.1) is 0 Å². The number of nitrogens with two attached hydrogens (primary N) is 1. The van der Waals surface area contributed by atoms with Crippen molar-refractivity contribution in [2.24, 2.45) is 5.84 Å². The third-order valence-corrected chi connectivity index (χ3v) is 3.01. The molecule has 5 nitrogen and oxygen atoms in total. The molecule has 2 aromatic heterocycles. The first-order valence-corrected chi connectivity index (χ1v) is 6.07. The van der Waals surface area contributed by atoms with E-state index in [9.17, 15) is 0 Å². The van der Waals surface area contributed by atoms with Crippen molar-refractivity contribution in [3.8, 4) is 0 Å². The zero-order chi connectivity index (χ0) is 13.1.